The molecule has 0 spiro atoms. The van der Waals surface area contributed by atoms with Crippen LogP contribution in [-0.4, -0.2) is 27.5 Å². The van der Waals surface area contributed by atoms with Crippen LogP contribution in [0.5, 0.6) is 5.75 Å². The van der Waals surface area contributed by atoms with E-state index in [4.69, 9.17) is 4.74 Å². The molecule has 0 saturated carbocycles. The minimum atomic E-state index is -3.76. The normalized spacial score (nSPS) is 13.8. The lowest BCUT2D eigenvalue weighted by Crippen LogP contribution is -2.38. The van der Waals surface area contributed by atoms with E-state index in [1.165, 1.54) is 0 Å². The van der Waals surface area contributed by atoms with Crippen molar-refractivity contribution < 1.29 is 17.9 Å². The molecular weight excluding hydrogens is 400 g/mol. The van der Waals surface area contributed by atoms with Crippen LogP contribution < -0.4 is 14.4 Å². The van der Waals surface area contributed by atoms with Gasteiger partial charge in [-0.05, 0) is 67.6 Å². The molecule has 6 nitrogen and oxygen atoms in total. The minimum Gasteiger partial charge on any atom is -0.493 e. The Kier molecular flexibility index (Phi) is 6.71. The molecule has 0 bridgehead atoms. The molecule has 0 fully saturated rings. The number of hydrogen-bond donors (Lipinski definition) is 1. The first-order chi connectivity index (χ1) is 14.2. The largest absolute Gasteiger partial charge is 0.493 e. The molecule has 162 valence electrons. The van der Waals surface area contributed by atoms with E-state index in [9.17, 15) is 13.2 Å². The third-order valence-corrected chi connectivity index (χ3v) is 6.51. The van der Waals surface area contributed by atoms with Crippen LogP contribution in [-0.2, 0) is 21.2 Å². The van der Waals surface area contributed by atoms with Gasteiger partial charge in [0.25, 0.3) is 10.0 Å². The van der Waals surface area contributed by atoms with Gasteiger partial charge in [-0.25, -0.2) is 8.42 Å². The van der Waals surface area contributed by atoms with Crippen molar-refractivity contribution in [3.05, 3.63) is 47.5 Å². The van der Waals surface area contributed by atoms with Crippen molar-refractivity contribution in [2.45, 2.75) is 51.9 Å². The maximum absolute atomic E-state index is 12.9. The maximum atomic E-state index is 12.9. The lowest BCUT2D eigenvalue weighted by molar-refractivity contribution is -0.121. The lowest BCUT2D eigenvalue weighted by Gasteiger charge is -2.31. The molecule has 1 aliphatic rings. The number of sulfonamides is 1. The second-order valence-electron chi connectivity index (χ2n) is 7.97. The minimum absolute atomic E-state index is 0.0502. The highest BCUT2D eigenvalue weighted by atomic mass is 32.2. The molecule has 3 rings (SSSR count). The Labute approximate surface area is 179 Å². The van der Waals surface area contributed by atoms with Crippen molar-refractivity contribution in [3.63, 3.8) is 0 Å². The molecule has 1 aliphatic heterocycles. The predicted octanol–water partition coefficient (Wildman–Crippen LogP) is 4.52. The van der Waals surface area contributed by atoms with E-state index in [2.05, 4.69) is 4.72 Å². The number of nitrogens with one attached hydrogen (secondary N) is 1. The highest BCUT2D eigenvalue weighted by molar-refractivity contribution is 7.92. The van der Waals surface area contributed by atoms with Crippen LogP contribution in [0.25, 0.3) is 0 Å². The number of nitrogens with zero attached hydrogens (tertiary/aromatic N) is 1. The number of carbonyl (C=O) groups is 1. The zero-order valence-corrected chi connectivity index (χ0v) is 18.9. The molecule has 0 atom stereocenters. The molecule has 0 saturated heterocycles. The Morgan fingerprint density at radius 1 is 1.20 bits per heavy atom. The number of ether oxygens (including phenoxy) is 1. The first-order valence-electron chi connectivity index (χ1n) is 10.4. The quantitative estimate of drug-likeness (QED) is 0.701. The fourth-order valence-corrected chi connectivity index (χ4v) is 4.69. The fourth-order valence-electron chi connectivity index (χ4n) is 3.56. The van der Waals surface area contributed by atoms with Gasteiger partial charge in [0.2, 0.25) is 5.91 Å². The van der Waals surface area contributed by atoms with Gasteiger partial charge < -0.3 is 9.64 Å². The van der Waals surface area contributed by atoms with Crippen LogP contribution in [0.3, 0.4) is 0 Å². The van der Waals surface area contributed by atoms with Crippen LogP contribution in [0.1, 0.15) is 44.7 Å². The van der Waals surface area contributed by atoms with E-state index in [-0.39, 0.29) is 16.7 Å². The zero-order chi connectivity index (χ0) is 21.9. The molecule has 1 N–H and O–H groups in total. The average Bonchev–Trinajstić information content (AvgIpc) is 2.71. The number of benzene rings is 2. The summed E-state index contributed by atoms with van der Waals surface area (Å²) in [5, 5.41) is 0. The summed E-state index contributed by atoms with van der Waals surface area (Å²) in [4.78, 5) is 14.5. The van der Waals surface area contributed by atoms with Crippen molar-refractivity contribution in [1.82, 2.24) is 0 Å². The summed E-state index contributed by atoms with van der Waals surface area (Å²) in [6.07, 6.45) is 2.67. The van der Waals surface area contributed by atoms with E-state index in [1.807, 2.05) is 33.8 Å². The molecule has 30 heavy (non-hydrogen) atoms. The van der Waals surface area contributed by atoms with Gasteiger partial charge in [-0.2, -0.15) is 0 Å². The molecule has 0 aromatic heterocycles. The molecule has 0 unspecified atom stereocenters. The van der Waals surface area contributed by atoms with Crippen molar-refractivity contribution in [2.24, 2.45) is 5.92 Å². The number of aryl methyl sites for hydroxylation is 2. The first kappa shape index (κ1) is 22.2. The number of carbonyl (C=O) groups excluding carboxylic acids is 1. The Morgan fingerprint density at radius 3 is 2.63 bits per heavy atom. The molecule has 2 aromatic carbocycles. The van der Waals surface area contributed by atoms with Gasteiger partial charge in [-0.15, -0.1) is 0 Å². The summed E-state index contributed by atoms with van der Waals surface area (Å²) in [5.74, 6) is 0.620. The van der Waals surface area contributed by atoms with Gasteiger partial charge in [0.1, 0.15) is 5.75 Å². The van der Waals surface area contributed by atoms with Crippen molar-refractivity contribution in [2.75, 3.05) is 22.8 Å². The topological polar surface area (TPSA) is 75.7 Å². The number of hydrogen-bond acceptors (Lipinski definition) is 4. The Morgan fingerprint density at radius 2 is 1.97 bits per heavy atom. The van der Waals surface area contributed by atoms with Crippen molar-refractivity contribution >= 4 is 27.3 Å². The van der Waals surface area contributed by atoms with Gasteiger partial charge >= 0.3 is 0 Å². The molecule has 7 heteroatoms. The molecule has 1 amide bonds. The first-order valence-corrected chi connectivity index (χ1v) is 11.9. The van der Waals surface area contributed by atoms with E-state index in [0.717, 1.165) is 36.1 Å². The third-order valence-electron chi connectivity index (χ3n) is 5.13. The Balaban J connectivity index is 1.86. The van der Waals surface area contributed by atoms with Crippen LogP contribution in [0.4, 0.5) is 11.4 Å². The summed E-state index contributed by atoms with van der Waals surface area (Å²) in [5.41, 5.74) is 3.07. The standard InChI is InChI=1S/C23H30N2O4S/c1-5-13-29-22-11-10-20(14-17(22)4)30(27,28)24-19-9-8-18-7-6-12-25(21(18)15-19)23(26)16(2)3/h8-11,14-16,24H,5-7,12-13H2,1-4H3. The predicted molar refractivity (Wildman–Crippen MR) is 120 cm³/mol. The van der Waals surface area contributed by atoms with Crippen LogP contribution in [0.2, 0.25) is 0 Å². The van der Waals surface area contributed by atoms with E-state index in [0.29, 0.717) is 24.6 Å². The molecule has 1 heterocycles. The van der Waals surface area contributed by atoms with Gasteiger partial charge in [-0.3, -0.25) is 9.52 Å². The third kappa shape index (κ3) is 4.78. The molecule has 2 aromatic rings. The van der Waals surface area contributed by atoms with Gasteiger partial charge in [0.15, 0.2) is 0 Å². The number of rotatable bonds is 7. The highest BCUT2D eigenvalue weighted by Gasteiger charge is 2.25. The van der Waals surface area contributed by atoms with Crippen molar-refractivity contribution in [3.8, 4) is 5.75 Å². The second-order valence-corrected chi connectivity index (χ2v) is 9.66. The highest BCUT2D eigenvalue weighted by Crippen LogP contribution is 2.32. The van der Waals surface area contributed by atoms with Gasteiger partial charge in [0.05, 0.1) is 17.2 Å². The fraction of sp³-hybridized carbons (Fsp3) is 0.435. The second kappa shape index (κ2) is 9.08. The van der Waals surface area contributed by atoms with Crippen LogP contribution >= 0.6 is 0 Å². The van der Waals surface area contributed by atoms with Gasteiger partial charge in [-0.1, -0.05) is 26.8 Å². The summed E-state index contributed by atoms with van der Waals surface area (Å²) in [6, 6.07) is 10.3. The smallest absolute Gasteiger partial charge is 0.261 e. The summed E-state index contributed by atoms with van der Waals surface area (Å²) in [7, 11) is -3.76. The van der Waals surface area contributed by atoms with Gasteiger partial charge in [0, 0.05) is 18.2 Å². The van der Waals surface area contributed by atoms with Crippen LogP contribution in [0.15, 0.2) is 41.3 Å². The molecule has 0 radical (unpaired) electrons. The Hall–Kier alpha value is -2.54. The maximum Gasteiger partial charge on any atom is 0.261 e. The van der Waals surface area contributed by atoms with E-state index >= 15 is 0 Å². The number of fused-ring (bicyclic) bond motifs is 1. The summed E-state index contributed by atoms with van der Waals surface area (Å²) in [6.45, 7) is 8.84. The SMILES string of the molecule is CCCOc1ccc(S(=O)(=O)Nc2ccc3c(c2)N(C(=O)C(C)C)CCC3)cc1C. The number of amides is 1. The molecular formula is C23H30N2O4S. The molecule has 0 aliphatic carbocycles. The zero-order valence-electron chi connectivity index (χ0n) is 18.1. The Bertz CT molecular complexity index is 1030. The summed E-state index contributed by atoms with van der Waals surface area (Å²) >= 11 is 0. The summed E-state index contributed by atoms with van der Waals surface area (Å²) < 4.78 is 34.2. The van der Waals surface area contributed by atoms with E-state index in [1.54, 1.807) is 35.2 Å². The average molecular weight is 431 g/mol. The lowest BCUT2D eigenvalue weighted by atomic mass is 9.99. The van der Waals surface area contributed by atoms with Crippen molar-refractivity contribution in [1.29, 1.82) is 0 Å². The number of anilines is 2. The van der Waals surface area contributed by atoms with E-state index < -0.39 is 10.0 Å². The van der Waals surface area contributed by atoms with Crippen LogP contribution in [0, 0.1) is 12.8 Å². The monoisotopic (exact) mass is 430 g/mol.